The van der Waals surface area contributed by atoms with Crippen LogP contribution < -0.4 is 4.74 Å². The van der Waals surface area contributed by atoms with Crippen LogP contribution in [0.3, 0.4) is 0 Å². The largest absolute Gasteiger partial charge is 0.490 e. The first-order valence-corrected chi connectivity index (χ1v) is 6.02. The van der Waals surface area contributed by atoms with Gasteiger partial charge in [-0.2, -0.15) is 0 Å². The van der Waals surface area contributed by atoms with Gasteiger partial charge in [0.15, 0.2) is 5.78 Å². The van der Waals surface area contributed by atoms with Crippen LogP contribution in [0.5, 0.6) is 5.75 Å². The van der Waals surface area contributed by atoms with Crippen LogP contribution in [0.4, 0.5) is 0 Å². The fourth-order valence-corrected chi connectivity index (χ4v) is 1.50. The molecule has 1 aromatic carbocycles. The van der Waals surface area contributed by atoms with Crippen molar-refractivity contribution < 1.29 is 9.53 Å². The van der Waals surface area contributed by atoms with Gasteiger partial charge in [-0.1, -0.05) is 19.1 Å². The maximum atomic E-state index is 11.3. The van der Waals surface area contributed by atoms with Crippen molar-refractivity contribution in [2.24, 2.45) is 0 Å². The van der Waals surface area contributed by atoms with E-state index in [0.29, 0.717) is 0 Å². The van der Waals surface area contributed by atoms with Gasteiger partial charge < -0.3 is 4.74 Å². The van der Waals surface area contributed by atoms with E-state index >= 15 is 0 Å². The van der Waals surface area contributed by atoms with E-state index in [1.54, 1.807) is 6.92 Å². The van der Waals surface area contributed by atoms with Crippen molar-refractivity contribution >= 4 is 11.9 Å². The average molecular weight is 232 g/mol. The Morgan fingerprint density at radius 2 is 2.12 bits per heavy atom. The second-order valence-corrected chi connectivity index (χ2v) is 4.29. The molecule has 0 atom stereocenters. The first-order valence-electron chi connectivity index (χ1n) is 6.02. The lowest BCUT2D eigenvalue weighted by Gasteiger charge is -2.13. The molecule has 0 aliphatic rings. The van der Waals surface area contributed by atoms with E-state index in [1.165, 1.54) is 0 Å². The quantitative estimate of drug-likeness (QED) is 0.714. The average Bonchev–Trinajstić information content (AvgIpc) is 2.26. The summed E-state index contributed by atoms with van der Waals surface area (Å²) in [6.45, 7) is 7.64. The van der Waals surface area contributed by atoms with Gasteiger partial charge in [-0.3, -0.25) is 4.79 Å². The Morgan fingerprint density at radius 3 is 2.65 bits per heavy atom. The van der Waals surface area contributed by atoms with Crippen LogP contribution in [0.1, 0.15) is 50.0 Å². The van der Waals surface area contributed by atoms with Gasteiger partial charge in [0.2, 0.25) is 0 Å². The van der Waals surface area contributed by atoms with Crippen LogP contribution in [0, 0.1) is 0 Å². The smallest absolute Gasteiger partial charge is 0.159 e. The summed E-state index contributed by atoms with van der Waals surface area (Å²) in [7, 11) is 0. The lowest BCUT2D eigenvalue weighted by atomic mass is 10.1. The molecule has 0 heterocycles. The molecular weight excluding hydrogens is 212 g/mol. The second kappa shape index (κ2) is 6.24. The van der Waals surface area contributed by atoms with Gasteiger partial charge in [0, 0.05) is 11.1 Å². The van der Waals surface area contributed by atoms with Crippen molar-refractivity contribution in [1.29, 1.82) is 0 Å². The molecule has 0 fully saturated rings. The zero-order valence-electron chi connectivity index (χ0n) is 11.0. The second-order valence-electron chi connectivity index (χ2n) is 4.29. The van der Waals surface area contributed by atoms with Gasteiger partial charge in [0.1, 0.15) is 5.75 Å². The van der Waals surface area contributed by atoms with Crippen LogP contribution in [-0.2, 0) is 0 Å². The maximum Gasteiger partial charge on any atom is 0.159 e. The third kappa shape index (κ3) is 4.06. The van der Waals surface area contributed by atoms with Gasteiger partial charge >= 0.3 is 0 Å². The highest BCUT2D eigenvalue weighted by atomic mass is 16.5. The number of ketones is 1. The zero-order chi connectivity index (χ0) is 12.8. The molecule has 1 rings (SSSR count). The van der Waals surface area contributed by atoms with Crippen LogP contribution in [-0.4, -0.2) is 11.9 Å². The Hall–Kier alpha value is -1.57. The highest BCUT2D eigenvalue weighted by molar-refractivity contribution is 5.95. The minimum Gasteiger partial charge on any atom is -0.490 e. The molecule has 0 radical (unpaired) electrons. The number of ether oxygens (including phenoxy) is 1. The molecule has 0 aliphatic heterocycles. The topological polar surface area (TPSA) is 26.3 Å². The van der Waals surface area contributed by atoms with Crippen molar-refractivity contribution in [2.45, 2.75) is 40.2 Å². The number of benzene rings is 1. The Labute approximate surface area is 103 Å². The molecule has 1 aromatic rings. The van der Waals surface area contributed by atoms with E-state index in [9.17, 15) is 4.79 Å². The maximum absolute atomic E-state index is 11.3. The Balaban J connectivity index is 3.11. The molecule has 17 heavy (non-hydrogen) atoms. The summed E-state index contributed by atoms with van der Waals surface area (Å²) < 4.78 is 5.71. The summed E-state index contributed by atoms with van der Waals surface area (Å²) in [5, 5.41) is 0. The normalized spacial score (nSPS) is 11.1. The monoisotopic (exact) mass is 232 g/mol. The van der Waals surface area contributed by atoms with Crippen LogP contribution >= 0.6 is 0 Å². The van der Waals surface area contributed by atoms with E-state index in [2.05, 4.69) is 13.0 Å². The van der Waals surface area contributed by atoms with Crippen LogP contribution in [0.25, 0.3) is 6.08 Å². The zero-order valence-corrected chi connectivity index (χ0v) is 11.0. The van der Waals surface area contributed by atoms with Crippen molar-refractivity contribution in [2.75, 3.05) is 0 Å². The highest BCUT2D eigenvalue weighted by Crippen LogP contribution is 2.23. The lowest BCUT2D eigenvalue weighted by molar-refractivity contribution is 0.101. The van der Waals surface area contributed by atoms with Gasteiger partial charge in [0.05, 0.1) is 6.10 Å². The molecule has 2 nitrogen and oxygen atoms in total. The molecule has 2 heteroatoms. The number of rotatable bonds is 5. The van der Waals surface area contributed by atoms with Crippen LogP contribution in [0.2, 0.25) is 0 Å². The minimum atomic E-state index is 0.0762. The van der Waals surface area contributed by atoms with Crippen molar-refractivity contribution in [1.82, 2.24) is 0 Å². The molecule has 0 saturated heterocycles. The standard InChI is InChI=1S/C15H20O2/c1-5-6-7-14-10-13(12(4)16)8-9-15(14)17-11(2)3/h6-11H,5H2,1-4H3/b7-6+. The van der Waals surface area contributed by atoms with Crippen molar-refractivity contribution in [3.05, 3.63) is 35.4 Å². The molecule has 0 aliphatic carbocycles. The minimum absolute atomic E-state index is 0.0762. The van der Waals surface area contributed by atoms with E-state index in [-0.39, 0.29) is 11.9 Å². The third-order valence-corrected chi connectivity index (χ3v) is 2.31. The number of Topliss-reactive ketones (excluding diaryl/α,β-unsaturated/α-hetero) is 1. The number of carbonyl (C=O) groups is 1. The van der Waals surface area contributed by atoms with Gasteiger partial charge in [-0.15, -0.1) is 0 Å². The number of carbonyl (C=O) groups excluding carboxylic acids is 1. The Kier molecular flexibility index (Phi) is 4.95. The van der Waals surface area contributed by atoms with Gasteiger partial charge in [0.25, 0.3) is 0 Å². The SMILES string of the molecule is CC/C=C/c1cc(C(C)=O)ccc1OC(C)C. The molecule has 0 aromatic heterocycles. The summed E-state index contributed by atoms with van der Waals surface area (Å²) in [5.41, 5.74) is 1.69. The van der Waals surface area contributed by atoms with E-state index < -0.39 is 0 Å². The van der Waals surface area contributed by atoms with Gasteiger partial charge in [-0.25, -0.2) is 0 Å². The molecule has 0 spiro atoms. The summed E-state index contributed by atoms with van der Waals surface area (Å²) in [5.74, 6) is 0.905. The van der Waals surface area contributed by atoms with Crippen molar-refractivity contribution in [3.63, 3.8) is 0 Å². The molecular formula is C15H20O2. The highest BCUT2D eigenvalue weighted by Gasteiger charge is 2.07. The van der Waals surface area contributed by atoms with E-state index in [4.69, 9.17) is 4.74 Å². The number of hydrogen-bond acceptors (Lipinski definition) is 2. The summed E-state index contributed by atoms with van der Waals surface area (Å²) in [4.78, 5) is 11.3. The van der Waals surface area contributed by atoms with Crippen LogP contribution in [0.15, 0.2) is 24.3 Å². The fourth-order valence-electron chi connectivity index (χ4n) is 1.50. The predicted octanol–water partition coefficient (Wildman–Crippen LogP) is 4.10. The molecule has 0 amide bonds. The molecule has 0 unspecified atom stereocenters. The van der Waals surface area contributed by atoms with E-state index in [1.807, 2.05) is 38.1 Å². The summed E-state index contributed by atoms with van der Waals surface area (Å²) in [6, 6.07) is 5.56. The Morgan fingerprint density at radius 1 is 1.41 bits per heavy atom. The first-order chi connectivity index (χ1) is 8.04. The molecule has 0 bridgehead atoms. The number of allylic oxidation sites excluding steroid dienone is 1. The molecule has 92 valence electrons. The lowest BCUT2D eigenvalue weighted by Crippen LogP contribution is -2.07. The third-order valence-electron chi connectivity index (χ3n) is 2.31. The van der Waals surface area contributed by atoms with E-state index in [0.717, 1.165) is 23.3 Å². The van der Waals surface area contributed by atoms with Gasteiger partial charge in [-0.05, 0) is 45.4 Å². The summed E-state index contributed by atoms with van der Waals surface area (Å²) >= 11 is 0. The Bertz CT molecular complexity index is 417. The first kappa shape index (κ1) is 13.5. The molecule has 0 N–H and O–H groups in total. The summed E-state index contributed by atoms with van der Waals surface area (Å²) in [6.07, 6.45) is 5.16. The van der Waals surface area contributed by atoms with Crippen molar-refractivity contribution in [3.8, 4) is 5.75 Å². The number of hydrogen-bond donors (Lipinski definition) is 0. The predicted molar refractivity (Wildman–Crippen MR) is 71.5 cm³/mol. The fraction of sp³-hybridized carbons (Fsp3) is 0.400. The molecule has 0 saturated carbocycles.